The van der Waals surface area contributed by atoms with Crippen LogP contribution in [0.25, 0.3) is 12.2 Å². The Balaban J connectivity index is 1.30. The van der Waals surface area contributed by atoms with Crippen LogP contribution in [0.3, 0.4) is 0 Å². The zero-order valence-electron chi connectivity index (χ0n) is 18.9. The highest BCUT2D eigenvalue weighted by molar-refractivity contribution is 5.91. The van der Waals surface area contributed by atoms with E-state index in [2.05, 4.69) is 10.6 Å². The van der Waals surface area contributed by atoms with Gasteiger partial charge >= 0.3 is 0 Å². The molecule has 2 aromatic heterocycles. The van der Waals surface area contributed by atoms with Crippen molar-refractivity contribution < 1.29 is 18.4 Å². The number of nitrogens with one attached hydrogen (secondary N) is 2. The average molecular weight is 441 g/mol. The fourth-order valence-electron chi connectivity index (χ4n) is 3.29. The van der Waals surface area contributed by atoms with E-state index in [1.54, 1.807) is 36.8 Å². The third-order valence-electron chi connectivity index (χ3n) is 5.09. The highest BCUT2D eigenvalue weighted by atomic mass is 16.3. The standard InChI is InChI=1S/C26H36N2O4/c29-25(17-15-23-13-11-21-31-23)27-19-9-7-5-3-1-2-4-6-8-10-20-28-26(30)18-16-24-14-12-22-32-24/h11-18,21-22H,1-10,19-20H2,(H,27,29)(H,28,30)/b17-15+,18-16+. The van der Waals surface area contributed by atoms with Gasteiger partial charge in [0.1, 0.15) is 11.5 Å². The maximum atomic E-state index is 11.7. The van der Waals surface area contributed by atoms with Gasteiger partial charge in [-0.1, -0.05) is 51.4 Å². The molecular weight excluding hydrogens is 404 g/mol. The molecule has 0 aliphatic carbocycles. The molecule has 0 unspecified atom stereocenters. The molecule has 2 N–H and O–H groups in total. The molecule has 2 rings (SSSR count). The molecule has 6 heteroatoms. The lowest BCUT2D eigenvalue weighted by Crippen LogP contribution is -2.21. The Hall–Kier alpha value is -3.02. The second-order valence-corrected chi connectivity index (χ2v) is 7.82. The molecule has 0 bridgehead atoms. The predicted molar refractivity (Wildman–Crippen MR) is 128 cm³/mol. The minimum Gasteiger partial charge on any atom is -0.465 e. The Kier molecular flexibility index (Phi) is 13.1. The van der Waals surface area contributed by atoms with Gasteiger partial charge in [-0.05, 0) is 49.3 Å². The molecule has 0 spiro atoms. The van der Waals surface area contributed by atoms with Crippen molar-refractivity contribution in [2.45, 2.75) is 64.2 Å². The highest BCUT2D eigenvalue weighted by Gasteiger charge is 1.98. The Morgan fingerprint density at radius 1 is 0.625 bits per heavy atom. The van der Waals surface area contributed by atoms with Gasteiger partial charge in [-0.3, -0.25) is 9.59 Å². The molecule has 6 nitrogen and oxygen atoms in total. The smallest absolute Gasteiger partial charge is 0.244 e. The third kappa shape index (κ3) is 12.6. The van der Waals surface area contributed by atoms with Crippen molar-refractivity contribution >= 4 is 24.0 Å². The Morgan fingerprint density at radius 3 is 1.34 bits per heavy atom. The second-order valence-electron chi connectivity index (χ2n) is 7.82. The van der Waals surface area contributed by atoms with E-state index in [1.165, 1.54) is 50.7 Å². The summed E-state index contributed by atoms with van der Waals surface area (Å²) in [6, 6.07) is 7.22. The number of rotatable bonds is 17. The number of carbonyl (C=O) groups is 2. The van der Waals surface area contributed by atoms with E-state index in [4.69, 9.17) is 8.83 Å². The van der Waals surface area contributed by atoms with Crippen LogP contribution in [0.2, 0.25) is 0 Å². The van der Waals surface area contributed by atoms with Gasteiger partial charge in [0.25, 0.3) is 0 Å². The fourth-order valence-corrected chi connectivity index (χ4v) is 3.29. The van der Waals surface area contributed by atoms with Crippen molar-refractivity contribution in [2.75, 3.05) is 13.1 Å². The first kappa shape index (κ1) is 25.2. The Labute approximate surface area is 191 Å². The summed E-state index contributed by atoms with van der Waals surface area (Å²) < 4.78 is 10.3. The molecule has 0 aliphatic heterocycles. The summed E-state index contributed by atoms with van der Waals surface area (Å²) in [6.45, 7) is 1.44. The largest absolute Gasteiger partial charge is 0.465 e. The summed E-state index contributed by atoms with van der Waals surface area (Å²) in [4.78, 5) is 23.4. The summed E-state index contributed by atoms with van der Waals surface area (Å²) in [5.41, 5.74) is 0. The Bertz CT molecular complexity index is 724. The summed E-state index contributed by atoms with van der Waals surface area (Å²) in [5.74, 6) is 1.21. The second kappa shape index (κ2) is 16.6. The number of hydrogen-bond donors (Lipinski definition) is 2. The highest BCUT2D eigenvalue weighted by Crippen LogP contribution is 2.10. The van der Waals surface area contributed by atoms with Gasteiger partial charge < -0.3 is 19.5 Å². The first-order valence-corrected chi connectivity index (χ1v) is 11.7. The van der Waals surface area contributed by atoms with E-state index in [9.17, 15) is 9.59 Å². The molecule has 32 heavy (non-hydrogen) atoms. The third-order valence-corrected chi connectivity index (χ3v) is 5.09. The van der Waals surface area contributed by atoms with E-state index < -0.39 is 0 Å². The molecular formula is C26H36N2O4. The zero-order valence-corrected chi connectivity index (χ0v) is 18.9. The van der Waals surface area contributed by atoms with Crippen LogP contribution in [0.1, 0.15) is 75.7 Å². The van der Waals surface area contributed by atoms with Crippen LogP contribution in [0.15, 0.2) is 57.8 Å². The van der Waals surface area contributed by atoms with Gasteiger partial charge in [0.2, 0.25) is 11.8 Å². The van der Waals surface area contributed by atoms with Gasteiger partial charge in [-0.25, -0.2) is 0 Å². The van der Waals surface area contributed by atoms with Crippen molar-refractivity contribution in [3.8, 4) is 0 Å². The van der Waals surface area contributed by atoms with Gasteiger partial charge in [0, 0.05) is 25.2 Å². The first-order chi connectivity index (χ1) is 15.7. The fraction of sp³-hybridized carbons (Fsp3) is 0.462. The van der Waals surface area contributed by atoms with Crippen LogP contribution in [-0.2, 0) is 9.59 Å². The van der Waals surface area contributed by atoms with Crippen LogP contribution < -0.4 is 10.6 Å². The summed E-state index contributed by atoms with van der Waals surface area (Å²) >= 11 is 0. The van der Waals surface area contributed by atoms with Crippen molar-refractivity contribution in [2.24, 2.45) is 0 Å². The lowest BCUT2D eigenvalue weighted by molar-refractivity contribution is -0.117. The molecule has 174 valence electrons. The monoisotopic (exact) mass is 440 g/mol. The maximum absolute atomic E-state index is 11.7. The topological polar surface area (TPSA) is 84.5 Å². The van der Waals surface area contributed by atoms with Gasteiger partial charge in [0.05, 0.1) is 12.5 Å². The van der Waals surface area contributed by atoms with Crippen LogP contribution in [0.5, 0.6) is 0 Å². The number of hydrogen-bond acceptors (Lipinski definition) is 4. The molecule has 0 aromatic carbocycles. The van der Waals surface area contributed by atoms with Gasteiger partial charge in [-0.2, -0.15) is 0 Å². The van der Waals surface area contributed by atoms with Crippen molar-refractivity contribution in [1.82, 2.24) is 10.6 Å². The lowest BCUT2D eigenvalue weighted by Gasteiger charge is -2.04. The summed E-state index contributed by atoms with van der Waals surface area (Å²) in [6.07, 6.45) is 21.4. The minimum atomic E-state index is -0.0775. The molecule has 0 radical (unpaired) electrons. The SMILES string of the molecule is O=C(/C=C/c1ccco1)NCCCCCCCCCCCCNC(=O)/C=C/c1ccco1. The number of amides is 2. The van der Waals surface area contributed by atoms with Crippen molar-refractivity contribution in [3.63, 3.8) is 0 Å². The molecule has 0 saturated carbocycles. The minimum absolute atomic E-state index is 0.0775. The van der Waals surface area contributed by atoms with Crippen LogP contribution >= 0.6 is 0 Å². The van der Waals surface area contributed by atoms with E-state index in [1.807, 2.05) is 12.1 Å². The van der Waals surface area contributed by atoms with E-state index in [0.29, 0.717) is 11.5 Å². The first-order valence-electron chi connectivity index (χ1n) is 11.7. The number of furan rings is 2. The predicted octanol–water partition coefficient (Wildman–Crippen LogP) is 5.73. The molecule has 0 atom stereocenters. The molecule has 2 heterocycles. The summed E-state index contributed by atoms with van der Waals surface area (Å²) in [7, 11) is 0. The Morgan fingerprint density at radius 2 is 1.00 bits per heavy atom. The maximum Gasteiger partial charge on any atom is 0.244 e. The number of carbonyl (C=O) groups excluding carboxylic acids is 2. The quantitative estimate of drug-likeness (QED) is 0.243. The average Bonchev–Trinajstić information content (AvgIpc) is 3.50. The van der Waals surface area contributed by atoms with Crippen LogP contribution in [0, 0.1) is 0 Å². The van der Waals surface area contributed by atoms with E-state index >= 15 is 0 Å². The van der Waals surface area contributed by atoms with Crippen LogP contribution in [0.4, 0.5) is 0 Å². The normalized spacial score (nSPS) is 11.4. The molecule has 2 aromatic rings. The van der Waals surface area contributed by atoms with Crippen LogP contribution in [-0.4, -0.2) is 24.9 Å². The van der Waals surface area contributed by atoms with E-state index in [-0.39, 0.29) is 11.8 Å². The zero-order chi connectivity index (χ0) is 22.7. The molecule has 0 saturated heterocycles. The molecule has 2 amide bonds. The van der Waals surface area contributed by atoms with E-state index in [0.717, 1.165) is 38.8 Å². The summed E-state index contributed by atoms with van der Waals surface area (Å²) in [5, 5.41) is 5.80. The number of unbranched alkanes of at least 4 members (excludes halogenated alkanes) is 9. The van der Waals surface area contributed by atoms with Gasteiger partial charge in [0.15, 0.2) is 0 Å². The van der Waals surface area contributed by atoms with Gasteiger partial charge in [-0.15, -0.1) is 0 Å². The van der Waals surface area contributed by atoms with Crippen molar-refractivity contribution in [3.05, 3.63) is 60.5 Å². The molecule has 0 aliphatic rings. The van der Waals surface area contributed by atoms with Crippen molar-refractivity contribution in [1.29, 1.82) is 0 Å². The molecule has 0 fully saturated rings. The lowest BCUT2D eigenvalue weighted by atomic mass is 10.1.